The first kappa shape index (κ1) is 21.6. The molecule has 2 aromatic rings. The van der Waals surface area contributed by atoms with Crippen LogP contribution in [-0.4, -0.2) is 40.7 Å². The van der Waals surface area contributed by atoms with Crippen molar-refractivity contribution in [3.63, 3.8) is 0 Å². The van der Waals surface area contributed by atoms with Crippen molar-refractivity contribution >= 4 is 46.5 Å². The average Bonchev–Trinajstić information content (AvgIpc) is 3.37. The molecule has 4 atom stereocenters. The van der Waals surface area contributed by atoms with Crippen molar-refractivity contribution in [2.24, 2.45) is 11.8 Å². The molecular weight excluding hydrogens is 444 g/mol. The number of rotatable bonds is 5. The minimum atomic E-state index is -1.36. The summed E-state index contributed by atoms with van der Waals surface area (Å²) < 4.78 is 0. The van der Waals surface area contributed by atoms with E-state index in [1.807, 2.05) is 6.26 Å². The SMILES string of the molecule is CSCC[C@@H]1N[C@]2(C(=O)Nc3ccccc32)[C@@H]2C(=O)N(c3cc([N+](=O)[O-])ccc3C)C(=O)[C@H]12. The van der Waals surface area contributed by atoms with Gasteiger partial charge in [0.2, 0.25) is 17.7 Å². The number of para-hydroxylation sites is 1. The summed E-state index contributed by atoms with van der Waals surface area (Å²) >= 11 is 1.62. The standard InChI is InChI=1S/C23H22N4O5S/c1-12-7-8-13(27(31)32)11-17(12)26-20(28)18-16(9-10-33-2)25-23(19(18)21(26)29)14-5-3-4-6-15(14)24-22(23)30/h3-8,11,16,18-19,25H,9-10H2,1-2H3,(H,24,30)/t16-,18+,19-,23-/m0/s1. The van der Waals surface area contributed by atoms with Gasteiger partial charge in [-0.2, -0.15) is 11.8 Å². The summed E-state index contributed by atoms with van der Waals surface area (Å²) in [7, 11) is 0. The van der Waals surface area contributed by atoms with Crippen molar-refractivity contribution in [1.82, 2.24) is 5.32 Å². The van der Waals surface area contributed by atoms with Crippen molar-refractivity contribution in [2.45, 2.75) is 24.9 Å². The van der Waals surface area contributed by atoms with Gasteiger partial charge in [-0.3, -0.25) is 29.8 Å². The van der Waals surface area contributed by atoms with Crippen molar-refractivity contribution in [1.29, 1.82) is 0 Å². The molecule has 0 unspecified atom stereocenters. The summed E-state index contributed by atoms with van der Waals surface area (Å²) in [6.07, 6.45) is 2.56. The summed E-state index contributed by atoms with van der Waals surface area (Å²) in [6, 6.07) is 10.9. The molecule has 0 saturated carbocycles. The van der Waals surface area contributed by atoms with Crippen LogP contribution in [0, 0.1) is 28.9 Å². The lowest BCUT2D eigenvalue weighted by atomic mass is 9.76. The molecule has 9 nitrogen and oxygen atoms in total. The Morgan fingerprint density at radius 2 is 1.91 bits per heavy atom. The highest BCUT2D eigenvalue weighted by Crippen LogP contribution is 2.54. The van der Waals surface area contributed by atoms with E-state index in [0.29, 0.717) is 23.2 Å². The molecule has 2 fully saturated rings. The van der Waals surface area contributed by atoms with E-state index in [-0.39, 0.29) is 23.3 Å². The Bertz CT molecular complexity index is 1220. The number of nitrogens with zero attached hydrogens (tertiary/aromatic N) is 2. The Hall–Kier alpha value is -3.24. The van der Waals surface area contributed by atoms with Crippen molar-refractivity contribution in [3.8, 4) is 0 Å². The molecule has 0 aliphatic carbocycles. The normalized spacial score (nSPS) is 27.8. The number of non-ortho nitro benzene ring substituents is 1. The van der Waals surface area contributed by atoms with Gasteiger partial charge in [-0.15, -0.1) is 0 Å². The monoisotopic (exact) mass is 466 g/mol. The average molecular weight is 467 g/mol. The zero-order valence-corrected chi connectivity index (χ0v) is 18.8. The van der Waals surface area contributed by atoms with E-state index < -0.39 is 34.1 Å². The first-order chi connectivity index (χ1) is 15.8. The van der Waals surface area contributed by atoms with Crippen molar-refractivity contribution in [2.75, 3.05) is 22.2 Å². The van der Waals surface area contributed by atoms with Crippen LogP contribution in [0.2, 0.25) is 0 Å². The predicted octanol–water partition coefficient (Wildman–Crippen LogP) is 2.58. The first-order valence-electron chi connectivity index (χ1n) is 10.6. The maximum atomic E-state index is 13.9. The fourth-order valence-electron chi connectivity index (χ4n) is 5.44. The minimum Gasteiger partial charge on any atom is -0.324 e. The molecule has 3 amide bonds. The summed E-state index contributed by atoms with van der Waals surface area (Å²) in [4.78, 5) is 52.8. The van der Waals surface area contributed by atoms with Crippen LogP contribution in [0.5, 0.6) is 0 Å². The van der Waals surface area contributed by atoms with Crippen molar-refractivity contribution < 1.29 is 19.3 Å². The lowest BCUT2D eigenvalue weighted by molar-refractivity contribution is -0.384. The number of benzene rings is 2. The topological polar surface area (TPSA) is 122 Å². The summed E-state index contributed by atoms with van der Waals surface area (Å²) in [5, 5.41) is 17.6. The number of thioether (sulfide) groups is 1. The van der Waals surface area contributed by atoms with Gasteiger partial charge in [0.1, 0.15) is 5.54 Å². The molecule has 3 heterocycles. The van der Waals surface area contributed by atoms with E-state index in [2.05, 4.69) is 10.6 Å². The van der Waals surface area contributed by atoms with Crippen LogP contribution >= 0.6 is 11.8 Å². The summed E-state index contributed by atoms with van der Waals surface area (Å²) in [5.74, 6) is -2.25. The highest BCUT2D eigenvalue weighted by Gasteiger charge is 2.70. The van der Waals surface area contributed by atoms with Crippen LogP contribution in [0.4, 0.5) is 17.1 Å². The van der Waals surface area contributed by atoms with Gasteiger partial charge < -0.3 is 5.32 Å². The molecule has 3 aliphatic rings. The highest BCUT2D eigenvalue weighted by atomic mass is 32.2. The number of amides is 3. The molecule has 1 spiro atoms. The number of hydrogen-bond donors (Lipinski definition) is 2. The van der Waals surface area contributed by atoms with E-state index in [0.717, 1.165) is 10.7 Å². The van der Waals surface area contributed by atoms with E-state index in [1.165, 1.54) is 18.2 Å². The molecule has 33 heavy (non-hydrogen) atoms. The number of nitro groups is 1. The molecule has 10 heteroatoms. The molecule has 3 aliphatic heterocycles. The van der Waals surface area contributed by atoms with Gasteiger partial charge in [-0.25, -0.2) is 4.90 Å². The second kappa shape index (κ2) is 7.67. The van der Waals surface area contributed by atoms with Gasteiger partial charge in [0.25, 0.3) is 5.69 Å². The molecule has 0 aromatic heterocycles. The highest BCUT2D eigenvalue weighted by molar-refractivity contribution is 7.98. The summed E-state index contributed by atoms with van der Waals surface area (Å²) in [5.41, 5.74) is 0.463. The molecule has 0 radical (unpaired) electrons. The lowest BCUT2D eigenvalue weighted by Crippen LogP contribution is -2.53. The fraction of sp³-hybridized carbons (Fsp3) is 0.348. The minimum absolute atomic E-state index is 0.194. The van der Waals surface area contributed by atoms with Crippen LogP contribution in [0.15, 0.2) is 42.5 Å². The molecule has 2 saturated heterocycles. The van der Waals surface area contributed by atoms with Gasteiger partial charge in [0.15, 0.2) is 0 Å². The van der Waals surface area contributed by atoms with Gasteiger partial charge in [-0.05, 0) is 37.0 Å². The molecule has 5 rings (SSSR count). The number of nitro benzene ring substituents is 1. The Morgan fingerprint density at radius 3 is 2.64 bits per heavy atom. The van der Waals surface area contributed by atoms with Gasteiger partial charge in [0.05, 0.1) is 22.4 Å². The second-order valence-corrected chi connectivity index (χ2v) is 9.57. The molecule has 2 N–H and O–H groups in total. The number of imide groups is 1. The Kier molecular flexibility index (Phi) is 5.02. The number of fused-ring (bicyclic) bond motifs is 4. The van der Waals surface area contributed by atoms with Gasteiger partial charge in [-0.1, -0.05) is 24.3 Å². The largest absolute Gasteiger partial charge is 0.324 e. The lowest BCUT2D eigenvalue weighted by Gasteiger charge is -2.29. The molecule has 170 valence electrons. The third-order valence-corrected chi connectivity index (χ3v) is 7.54. The second-order valence-electron chi connectivity index (χ2n) is 8.58. The Balaban J connectivity index is 1.66. The summed E-state index contributed by atoms with van der Waals surface area (Å²) in [6.45, 7) is 1.70. The van der Waals surface area contributed by atoms with Crippen LogP contribution in [0.25, 0.3) is 0 Å². The van der Waals surface area contributed by atoms with E-state index in [4.69, 9.17) is 0 Å². The zero-order valence-electron chi connectivity index (χ0n) is 18.0. The molecule has 2 aromatic carbocycles. The smallest absolute Gasteiger partial charge is 0.271 e. The molecular formula is C23H22N4O5S. The Labute approximate surface area is 194 Å². The van der Waals surface area contributed by atoms with Gasteiger partial charge >= 0.3 is 0 Å². The third-order valence-electron chi connectivity index (χ3n) is 6.90. The number of hydrogen-bond acceptors (Lipinski definition) is 7. The van der Waals surface area contributed by atoms with Crippen LogP contribution in [0.1, 0.15) is 17.5 Å². The maximum absolute atomic E-state index is 13.9. The third kappa shape index (κ3) is 2.94. The maximum Gasteiger partial charge on any atom is 0.271 e. The van der Waals surface area contributed by atoms with Gasteiger partial charge in [0, 0.05) is 29.4 Å². The van der Waals surface area contributed by atoms with Crippen LogP contribution in [-0.2, 0) is 19.9 Å². The van der Waals surface area contributed by atoms with E-state index in [1.54, 1.807) is 43.0 Å². The van der Waals surface area contributed by atoms with E-state index >= 15 is 0 Å². The van der Waals surface area contributed by atoms with Crippen LogP contribution < -0.4 is 15.5 Å². The van der Waals surface area contributed by atoms with Crippen molar-refractivity contribution in [3.05, 3.63) is 63.7 Å². The molecule has 0 bridgehead atoms. The zero-order chi connectivity index (χ0) is 23.5. The number of nitrogens with one attached hydrogen (secondary N) is 2. The first-order valence-corrected chi connectivity index (χ1v) is 12.0. The fourth-order valence-corrected chi connectivity index (χ4v) is 5.93. The van der Waals surface area contributed by atoms with Crippen LogP contribution in [0.3, 0.4) is 0 Å². The number of carbonyl (C=O) groups excluding carboxylic acids is 3. The Morgan fingerprint density at radius 1 is 1.15 bits per heavy atom. The number of anilines is 2. The predicted molar refractivity (Wildman–Crippen MR) is 124 cm³/mol. The van der Waals surface area contributed by atoms with E-state index in [9.17, 15) is 24.5 Å². The number of aryl methyl sites for hydroxylation is 1. The quantitative estimate of drug-likeness (QED) is 0.395. The number of carbonyl (C=O) groups is 3.